The molecule has 2 nitrogen and oxygen atoms in total. The van der Waals surface area contributed by atoms with Gasteiger partial charge in [0.2, 0.25) is 5.91 Å². The van der Waals surface area contributed by atoms with Gasteiger partial charge in [-0.3, -0.25) is 4.79 Å². The summed E-state index contributed by atoms with van der Waals surface area (Å²) >= 11 is 5.81. The number of hydrogen-bond acceptors (Lipinski definition) is 1. The number of hydrogen-bond donors (Lipinski definition) is 0. The first kappa shape index (κ1) is 13.2. The molecular formula is C15H18ClNO. The average molecular weight is 264 g/mol. The smallest absolute Gasteiger partial charge is 0.246 e. The van der Waals surface area contributed by atoms with Crippen molar-refractivity contribution in [2.24, 2.45) is 5.92 Å². The lowest BCUT2D eigenvalue weighted by Gasteiger charge is -2.30. The zero-order valence-electron chi connectivity index (χ0n) is 10.6. The van der Waals surface area contributed by atoms with E-state index in [4.69, 9.17) is 11.6 Å². The topological polar surface area (TPSA) is 20.3 Å². The van der Waals surface area contributed by atoms with Crippen LogP contribution >= 0.6 is 11.6 Å². The van der Waals surface area contributed by atoms with Crippen LogP contribution < -0.4 is 0 Å². The molecule has 18 heavy (non-hydrogen) atoms. The normalized spacial score (nSPS) is 20.3. The van der Waals surface area contributed by atoms with Crippen molar-refractivity contribution in [3.05, 3.63) is 40.9 Å². The Bertz CT molecular complexity index is 438. The van der Waals surface area contributed by atoms with Crippen molar-refractivity contribution in [3.63, 3.8) is 0 Å². The van der Waals surface area contributed by atoms with Crippen LogP contribution in [0.3, 0.4) is 0 Å². The Balaban J connectivity index is 1.96. The molecule has 1 heterocycles. The van der Waals surface area contributed by atoms with Gasteiger partial charge >= 0.3 is 0 Å². The van der Waals surface area contributed by atoms with Crippen molar-refractivity contribution in [1.29, 1.82) is 0 Å². The Hall–Kier alpha value is -1.28. The number of halogens is 1. The highest BCUT2D eigenvalue weighted by Crippen LogP contribution is 2.16. The van der Waals surface area contributed by atoms with Crippen LogP contribution in [0, 0.1) is 5.92 Å². The van der Waals surface area contributed by atoms with Gasteiger partial charge in [0.25, 0.3) is 0 Å². The van der Waals surface area contributed by atoms with Crippen LogP contribution in [-0.4, -0.2) is 23.9 Å². The molecule has 1 aliphatic rings. The van der Waals surface area contributed by atoms with Crippen molar-refractivity contribution in [2.45, 2.75) is 19.8 Å². The molecule has 2 rings (SSSR count). The molecule has 0 aliphatic carbocycles. The van der Waals surface area contributed by atoms with Gasteiger partial charge < -0.3 is 4.90 Å². The Labute approximate surface area is 113 Å². The van der Waals surface area contributed by atoms with E-state index >= 15 is 0 Å². The third-order valence-electron chi connectivity index (χ3n) is 3.26. The Morgan fingerprint density at radius 2 is 2.11 bits per heavy atom. The van der Waals surface area contributed by atoms with E-state index in [0.717, 1.165) is 25.1 Å². The maximum Gasteiger partial charge on any atom is 0.246 e. The Morgan fingerprint density at radius 3 is 2.78 bits per heavy atom. The fourth-order valence-corrected chi connectivity index (χ4v) is 2.36. The third kappa shape index (κ3) is 3.61. The quantitative estimate of drug-likeness (QED) is 0.747. The highest BCUT2D eigenvalue weighted by Gasteiger charge is 2.18. The molecule has 1 aliphatic heterocycles. The molecular weight excluding hydrogens is 246 g/mol. The minimum Gasteiger partial charge on any atom is -0.339 e. The van der Waals surface area contributed by atoms with Crippen LogP contribution in [0.25, 0.3) is 6.08 Å². The first-order valence-electron chi connectivity index (χ1n) is 6.38. The van der Waals surface area contributed by atoms with Crippen molar-refractivity contribution in [2.75, 3.05) is 13.1 Å². The van der Waals surface area contributed by atoms with E-state index in [1.807, 2.05) is 35.2 Å². The van der Waals surface area contributed by atoms with E-state index in [0.29, 0.717) is 10.9 Å². The van der Waals surface area contributed by atoms with Gasteiger partial charge in [-0.05, 0) is 42.5 Å². The molecule has 1 amide bonds. The molecule has 0 N–H and O–H groups in total. The van der Waals surface area contributed by atoms with E-state index in [1.165, 1.54) is 6.42 Å². The Kier molecular flexibility index (Phi) is 4.43. The van der Waals surface area contributed by atoms with Gasteiger partial charge in [0, 0.05) is 24.2 Å². The second kappa shape index (κ2) is 6.05. The zero-order valence-corrected chi connectivity index (χ0v) is 11.4. The third-order valence-corrected chi connectivity index (χ3v) is 3.51. The largest absolute Gasteiger partial charge is 0.339 e. The molecule has 1 saturated heterocycles. The van der Waals surface area contributed by atoms with Crippen LogP contribution in [0.15, 0.2) is 30.3 Å². The number of carbonyl (C=O) groups excluding carboxylic acids is 1. The van der Waals surface area contributed by atoms with Crippen molar-refractivity contribution < 1.29 is 4.79 Å². The summed E-state index contributed by atoms with van der Waals surface area (Å²) < 4.78 is 0. The first-order chi connectivity index (χ1) is 8.65. The maximum atomic E-state index is 12.0. The minimum absolute atomic E-state index is 0.108. The second-order valence-corrected chi connectivity index (χ2v) is 5.35. The number of benzene rings is 1. The van der Waals surface area contributed by atoms with E-state index < -0.39 is 0 Å². The number of rotatable bonds is 2. The van der Waals surface area contributed by atoms with Gasteiger partial charge in [0.15, 0.2) is 0 Å². The highest BCUT2D eigenvalue weighted by molar-refractivity contribution is 6.30. The monoisotopic (exact) mass is 263 g/mol. The summed E-state index contributed by atoms with van der Waals surface area (Å²) in [5.74, 6) is 0.725. The number of nitrogens with zero attached hydrogens (tertiary/aromatic N) is 1. The lowest BCUT2D eigenvalue weighted by atomic mass is 10.0. The Morgan fingerprint density at radius 1 is 1.39 bits per heavy atom. The zero-order chi connectivity index (χ0) is 13.0. The predicted octanol–water partition coefficient (Wildman–Crippen LogP) is 3.61. The summed E-state index contributed by atoms with van der Waals surface area (Å²) in [7, 11) is 0. The van der Waals surface area contributed by atoms with E-state index in [9.17, 15) is 4.79 Å². The lowest BCUT2D eigenvalue weighted by Crippen LogP contribution is -2.38. The van der Waals surface area contributed by atoms with Crippen LogP contribution in [0.4, 0.5) is 0 Å². The summed E-state index contributed by atoms with van der Waals surface area (Å²) in [5.41, 5.74) is 0.998. The standard InChI is InChI=1S/C15H18ClNO/c1-12-3-2-10-17(11-12)15(18)9-6-13-4-7-14(16)8-5-13/h4-9,12H,2-3,10-11H2,1H3. The summed E-state index contributed by atoms with van der Waals surface area (Å²) in [6.07, 6.45) is 5.84. The second-order valence-electron chi connectivity index (χ2n) is 4.92. The summed E-state index contributed by atoms with van der Waals surface area (Å²) in [5, 5.41) is 0.711. The predicted molar refractivity (Wildman–Crippen MR) is 75.5 cm³/mol. The van der Waals surface area contributed by atoms with Gasteiger partial charge in [-0.25, -0.2) is 0 Å². The average Bonchev–Trinajstić information content (AvgIpc) is 2.38. The summed E-state index contributed by atoms with van der Waals surface area (Å²) in [4.78, 5) is 13.9. The van der Waals surface area contributed by atoms with Gasteiger partial charge in [-0.15, -0.1) is 0 Å². The molecule has 1 aromatic rings. The molecule has 1 atom stereocenters. The molecule has 0 radical (unpaired) electrons. The lowest BCUT2D eigenvalue weighted by molar-refractivity contribution is -0.127. The number of piperidine rings is 1. The first-order valence-corrected chi connectivity index (χ1v) is 6.75. The molecule has 0 saturated carbocycles. The summed E-state index contributed by atoms with van der Waals surface area (Å²) in [6, 6.07) is 7.47. The van der Waals surface area contributed by atoms with Crippen molar-refractivity contribution in [1.82, 2.24) is 4.90 Å². The van der Waals surface area contributed by atoms with E-state index in [-0.39, 0.29) is 5.91 Å². The van der Waals surface area contributed by atoms with Crippen molar-refractivity contribution >= 4 is 23.6 Å². The van der Waals surface area contributed by atoms with Crippen molar-refractivity contribution in [3.8, 4) is 0 Å². The van der Waals surface area contributed by atoms with Crippen LogP contribution in [0.5, 0.6) is 0 Å². The van der Waals surface area contributed by atoms with Gasteiger partial charge in [-0.2, -0.15) is 0 Å². The molecule has 1 fully saturated rings. The van der Waals surface area contributed by atoms with Gasteiger partial charge in [-0.1, -0.05) is 30.7 Å². The molecule has 1 aromatic carbocycles. The van der Waals surface area contributed by atoms with Gasteiger partial charge in [0.05, 0.1) is 0 Å². The number of carbonyl (C=O) groups is 1. The molecule has 3 heteroatoms. The van der Waals surface area contributed by atoms with Gasteiger partial charge in [0.1, 0.15) is 0 Å². The number of amides is 1. The van der Waals surface area contributed by atoms with Crippen LogP contribution in [0.2, 0.25) is 5.02 Å². The molecule has 96 valence electrons. The highest BCUT2D eigenvalue weighted by atomic mass is 35.5. The van der Waals surface area contributed by atoms with E-state index in [2.05, 4.69) is 6.92 Å². The van der Waals surface area contributed by atoms with Crippen LogP contribution in [-0.2, 0) is 4.79 Å². The number of likely N-dealkylation sites (tertiary alicyclic amines) is 1. The fourth-order valence-electron chi connectivity index (χ4n) is 2.24. The molecule has 0 aromatic heterocycles. The minimum atomic E-state index is 0.108. The summed E-state index contributed by atoms with van der Waals surface area (Å²) in [6.45, 7) is 3.96. The SMILES string of the molecule is CC1CCCN(C(=O)C=Cc2ccc(Cl)cc2)C1. The molecule has 1 unspecified atom stereocenters. The van der Waals surface area contributed by atoms with Crippen LogP contribution in [0.1, 0.15) is 25.3 Å². The maximum absolute atomic E-state index is 12.0. The molecule has 0 spiro atoms. The van der Waals surface area contributed by atoms with E-state index in [1.54, 1.807) is 6.08 Å². The fraction of sp³-hybridized carbons (Fsp3) is 0.400. The molecule has 0 bridgehead atoms.